The molecular weight excluding hydrogens is 351 g/mol. The summed E-state index contributed by atoms with van der Waals surface area (Å²) in [5, 5.41) is 2.65. The van der Waals surface area contributed by atoms with Gasteiger partial charge in [-0.3, -0.25) is 0 Å². The Kier molecular flexibility index (Phi) is 5.50. The van der Waals surface area contributed by atoms with Crippen molar-refractivity contribution in [3.8, 4) is 0 Å². The predicted octanol–water partition coefficient (Wildman–Crippen LogP) is 1.84. The SMILES string of the molecule is O=C(OCc1ccccc1)C1=C(OS(=O)(=O)C(F)(F)F)CNCC1. The summed E-state index contributed by atoms with van der Waals surface area (Å²) in [5.74, 6) is -1.51. The quantitative estimate of drug-likeness (QED) is 0.487. The van der Waals surface area contributed by atoms with E-state index < -0.39 is 27.4 Å². The number of carbonyl (C=O) groups is 1. The number of ether oxygens (including phenoxy) is 1. The first-order valence-corrected chi connectivity index (χ1v) is 8.26. The van der Waals surface area contributed by atoms with E-state index in [1.165, 1.54) is 0 Å². The third kappa shape index (κ3) is 4.48. The first-order valence-electron chi connectivity index (χ1n) is 6.85. The van der Waals surface area contributed by atoms with Crippen molar-refractivity contribution in [2.45, 2.75) is 18.5 Å². The number of nitrogens with one attached hydrogen (secondary N) is 1. The van der Waals surface area contributed by atoms with Gasteiger partial charge in [0.1, 0.15) is 12.4 Å². The molecule has 0 spiro atoms. The van der Waals surface area contributed by atoms with Crippen LogP contribution in [0.2, 0.25) is 0 Å². The van der Waals surface area contributed by atoms with E-state index in [1.807, 2.05) is 0 Å². The molecule has 1 heterocycles. The third-order valence-corrected chi connectivity index (χ3v) is 4.11. The maximum Gasteiger partial charge on any atom is 0.534 e. The lowest BCUT2D eigenvalue weighted by molar-refractivity contribution is -0.140. The normalized spacial score (nSPS) is 16.0. The molecule has 0 fully saturated rings. The summed E-state index contributed by atoms with van der Waals surface area (Å²) in [6.07, 6.45) is -0.00364. The lowest BCUT2D eigenvalue weighted by Gasteiger charge is -2.20. The average molecular weight is 365 g/mol. The highest BCUT2D eigenvalue weighted by molar-refractivity contribution is 7.87. The summed E-state index contributed by atoms with van der Waals surface area (Å²) in [6, 6.07) is 8.65. The second-order valence-electron chi connectivity index (χ2n) is 4.87. The van der Waals surface area contributed by atoms with Crippen molar-refractivity contribution in [1.29, 1.82) is 0 Å². The van der Waals surface area contributed by atoms with E-state index in [4.69, 9.17) is 4.74 Å². The Bertz CT molecular complexity index is 729. The molecule has 1 N–H and O–H groups in total. The zero-order valence-electron chi connectivity index (χ0n) is 12.3. The molecule has 0 aromatic heterocycles. The standard InChI is InChI=1S/C14H14F3NO5S/c15-14(16,17)24(20,21)23-12-8-18-7-6-11(12)13(19)22-9-10-4-2-1-3-5-10/h1-5,18H,6-9H2. The van der Waals surface area contributed by atoms with Crippen molar-refractivity contribution in [1.82, 2.24) is 5.32 Å². The van der Waals surface area contributed by atoms with Crippen LogP contribution in [0.4, 0.5) is 13.2 Å². The zero-order valence-corrected chi connectivity index (χ0v) is 13.1. The van der Waals surface area contributed by atoms with Crippen LogP contribution >= 0.6 is 0 Å². The molecule has 0 unspecified atom stereocenters. The molecule has 6 nitrogen and oxygen atoms in total. The fourth-order valence-corrected chi connectivity index (χ4v) is 2.47. The lowest BCUT2D eigenvalue weighted by Crippen LogP contribution is -2.33. The van der Waals surface area contributed by atoms with Gasteiger partial charge in [-0.15, -0.1) is 0 Å². The molecule has 132 valence electrons. The number of halogens is 3. The Balaban J connectivity index is 2.14. The molecule has 0 radical (unpaired) electrons. The molecule has 0 aliphatic carbocycles. The Morgan fingerprint density at radius 2 is 1.88 bits per heavy atom. The summed E-state index contributed by atoms with van der Waals surface area (Å²) in [6.45, 7) is -0.115. The van der Waals surface area contributed by atoms with Crippen LogP contribution in [0.25, 0.3) is 0 Å². The largest absolute Gasteiger partial charge is 0.534 e. The molecule has 10 heteroatoms. The van der Waals surface area contributed by atoms with Crippen LogP contribution in [0.1, 0.15) is 12.0 Å². The van der Waals surface area contributed by atoms with Crippen LogP contribution in [0.5, 0.6) is 0 Å². The van der Waals surface area contributed by atoms with Crippen molar-refractivity contribution in [3.63, 3.8) is 0 Å². The second-order valence-corrected chi connectivity index (χ2v) is 6.41. The van der Waals surface area contributed by atoms with Crippen molar-refractivity contribution < 1.29 is 35.3 Å². The van der Waals surface area contributed by atoms with Gasteiger partial charge >= 0.3 is 21.6 Å². The Labute approximate surface area is 136 Å². The van der Waals surface area contributed by atoms with Crippen LogP contribution in [0.15, 0.2) is 41.7 Å². The summed E-state index contributed by atoms with van der Waals surface area (Å²) in [5.41, 5.74) is -5.11. The topological polar surface area (TPSA) is 81.7 Å². The van der Waals surface area contributed by atoms with Crippen molar-refractivity contribution in [2.75, 3.05) is 13.1 Å². The molecule has 0 saturated carbocycles. The number of benzene rings is 1. The van der Waals surface area contributed by atoms with Gasteiger partial charge in [0.2, 0.25) is 0 Å². The van der Waals surface area contributed by atoms with E-state index in [9.17, 15) is 26.4 Å². The minimum Gasteiger partial charge on any atom is -0.457 e. The van der Waals surface area contributed by atoms with E-state index in [-0.39, 0.29) is 31.7 Å². The van der Waals surface area contributed by atoms with E-state index in [1.54, 1.807) is 30.3 Å². The Morgan fingerprint density at radius 1 is 1.21 bits per heavy atom. The first-order chi connectivity index (χ1) is 11.2. The van der Waals surface area contributed by atoms with Crippen LogP contribution in [-0.2, 0) is 30.4 Å². The van der Waals surface area contributed by atoms with Gasteiger partial charge in [0.25, 0.3) is 0 Å². The number of carbonyl (C=O) groups excluding carboxylic acids is 1. The number of hydrogen-bond donors (Lipinski definition) is 1. The van der Waals surface area contributed by atoms with Gasteiger partial charge in [-0.1, -0.05) is 30.3 Å². The summed E-state index contributed by atoms with van der Waals surface area (Å²) < 4.78 is 68.6. The van der Waals surface area contributed by atoms with Gasteiger partial charge in [0, 0.05) is 0 Å². The molecule has 0 atom stereocenters. The van der Waals surface area contributed by atoms with Crippen LogP contribution in [-0.4, -0.2) is 33.0 Å². The van der Waals surface area contributed by atoms with E-state index in [0.29, 0.717) is 5.56 Å². The first kappa shape index (κ1) is 18.3. The van der Waals surface area contributed by atoms with Gasteiger partial charge < -0.3 is 14.2 Å². The van der Waals surface area contributed by atoms with Crippen molar-refractivity contribution in [3.05, 3.63) is 47.2 Å². The highest BCUT2D eigenvalue weighted by atomic mass is 32.2. The number of hydrogen-bond acceptors (Lipinski definition) is 6. The lowest BCUT2D eigenvalue weighted by atomic mass is 10.1. The summed E-state index contributed by atoms with van der Waals surface area (Å²) in [4.78, 5) is 12.1. The smallest absolute Gasteiger partial charge is 0.457 e. The molecule has 24 heavy (non-hydrogen) atoms. The molecular formula is C14H14F3NO5S. The van der Waals surface area contributed by atoms with E-state index in [2.05, 4.69) is 9.50 Å². The maximum absolute atomic E-state index is 12.4. The van der Waals surface area contributed by atoms with Gasteiger partial charge in [-0.05, 0) is 18.5 Å². The monoisotopic (exact) mass is 365 g/mol. The third-order valence-electron chi connectivity index (χ3n) is 3.13. The molecule has 1 aliphatic heterocycles. The minimum atomic E-state index is -5.84. The molecule has 0 amide bonds. The van der Waals surface area contributed by atoms with Crippen LogP contribution in [0.3, 0.4) is 0 Å². The fourth-order valence-electron chi connectivity index (χ4n) is 1.95. The minimum absolute atomic E-state index is 0.00364. The summed E-state index contributed by atoms with van der Waals surface area (Å²) in [7, 11) is -5.84. The Morgan fingerprint density at radius 3 is 2.50 bits per heavy atom. The van der Waals surface area contributed by atoms with Crippen LogP contribution < -0.4 is 5.32 Å². The molecule has 2 rings (SSSR count). The van der Waals surface area contributed by atoms with Gasteiger partial charge in [-0.25, -0.2) is 4.79 Å². The maximum atomic E-state index is 12.4. The molecule has 0 saturated heterocycles. The summed E-state index contributed by atoms with van der Waals surface area (Å²) >= 11 is 0. The van der Waals surface area contributed by atoms with Gasteiger partial charge in [0.15, 0.2) is 0 Å². The number of alkyl halides is 3. The average Bonchev–Trinajstić information content (AvgIpc) is 2.52. The van der Waals surface area contributed by atoms with E-state index >= 15 is 0 Å². The molecule has 0 bridgehead atoms. The highest BCUT2D eigenvalue weighted by Gasteiger charge is 2.49. The Hall–Kier alpha value is -2.07. The van der Waals surface area contributed by atoms with Gasteiger partial charge in [0.05, 0.1) is 12.1 Å². The predicted molar refractivity (Wildman–Crippen MR) is 76.8 cm³/mol. The molecule has 1 aromatic rings. The van der Waals surface area contributed by atoms with Crippen molar-refractivity contribution >= 4 is 16.1 Å². The van der Waals surface area contributed by atoms with Crippen LogP contribution in [0, 0.1) is 0 Å². The van der Waals surface area contributed by atoms with E-state index in [0.717, 1.165) is 0 Å². The zero-order chi connectivity index (χ0) is 17.8. The highest BCUT2D eigenvalue weighted by Crippen LogP contribution is 2.28. The number of esters is 1. The van der Waals surface area contributed by atoms with Crippen molar-refractivity contribution in [2.24, 2.45) is 0 Å². The second kappa shape index (κ2) is 7.22. The molecule has 1 aliphatic rings. The number of rotatable bonds is 5. The molecule has 1 aromatic carbocycles. The van der Waals surface area contributed by atoms with Gasteiger partial charge in [-0.2, -0.15) is 21.6 Å². The fraction of sp³-hybridized carbons (Fsp3) is 0.357.